The number of unbranched alkanes of at least 4 members (excludes halogenated alkanes) is 1. The Bertz CT molecular complexity index is 795. The van der Waals surface area contributed by atoms with Gasteiger partial charge in [0.2, 0.25) is 5.91 Å². The largest absolute Gasteiger partial charge is 0.484 e. The van der Waals surface area contributed by atoms with Gasteiger partial charge in [-0.2, -0.15) is 0 Å². The van der Waals surface area contributed by atoms with Gasteiger partial charge in [0, 0.05) is 23.1 Å². The zero-order valence-corrected chi connectivity index (χ0v) is 18.2. The molecule has 0 aliphatic heterocycles. The lowest BCUT2D eigenvalue weighted by Gasteiger charge is -2.28. The van der Waals surface area contributed by atoms with E-state index < -0.39 is 6.04 Å². The molecule has 0 spiro atoms. The fourth-order valence-electron chi connectivity index (χ4n) is 2.66. The fourth-order valence-corrected chi connectivity index (χ4v) is 2.92. The molecule has 0 fully saturated rings. The Kier molecular flexibility index (Phi) is 9.29. The second-order valence-electron chi connectivity index (χ2n) is 6.71. The topological polar surface area (TPSA) is 58.6 Å². The number of halogens is 2. The van der Waals surface area contributed by atoms with Gasteiger partial charge in [-0.15, -0.1) is 0 Å². The van der Waals surface area contributed by atoms with E-state index in [9.17, 15) is 9.59 Å². The Balaban J connectivity index is 2.08. The molecule has 1 atom stereocenters. The number of hydrogen-bond donors (Lipinski definition) is 1. The SMILES string of the molecule is CCCCNC(=O)[C@@H](C)N(Cc1ccc(Cl)cc1)C(=O)COc1ccc(Cl)cc1. The lowest BCUT2D eigenvalue weighted by atomic mass is 10.1. The highest BCUT2D eigenvalue weighted by molar-refractivity contribution is 6.30. The van der Waals surface area contributed by atoms with Crippen LogP contribution in [0.3, 0.4) is 0 Å². The van der Waals surface area contributed by atoms with Gasteiger partial charge in [-0.05, 0) is 55.3 Å². The molecule has 0 radical (unpaired) electrons. The number of amides is 2. The van der Waals surface area contributed by atoms with Crippen LogP contribution >= 0.6 is 23.2 Å². The van der Waals surface area contributed by atoms with Crippen LogP contribution in [0.25, 0.3) is 0 Å². The Labute approximate surface area is 181 Å². The molecule has 0 heterocycles. The van der Waals surface area contributed by atoms with Crippen LogP contribution in [0, 0.1) is 0 Å². The summed E-state index contributed by atoms with van der Waals surface area (Å²) in [7, 11) is 0. The van der Waals surface area contributed by atoms with Crippen molar-refractivity contribution in [3.8, 4) is 5.75 Å². The molecule has 0 saturated heterocycles. The monoisotopic (exact) mass is 436 g/mol. The summed E-state index contributed by atoms with van der Waals surface area (Å²) >= 11 is 11.8. The van der Waals surface area contributed by atoms with E-state index in [-0.39, 0.29) is 25.0 Å². The van der Waals surface area contributed by atoms with Crippen molar-refractivity contribution in [2.45, 2.75) is 39.3 Å². The maximum absolute atomic E-state index is 12.9. The Morgan fingerprint density at radius 2 is 1.62 bits per heavy atom. The van der Waals surface area contributed by atoms with Gasteiger partial charge < -0.3 is 15.0 Å². The van der Waals surface area contributed by atoms with Crippen LogP contribution in [-0.4, -0.2) is 35.9 Å². The normalized spacial score (nSPS) is 11.6. The van der Waals surface area contributed by atoms with Gasteiger partial charge in [0.1, 0.15) is 11.8 Å². The van der Waals surface area contributed by atoms with Crippen LogP contribution in [0.4, 0.5) is 0 Å². The third-order valence-corrected chi connectivity index (χ3v) is 4.94. The molecule has 2 aromatic rings. The van der Waals surface area contributed by atoms with Gasteiger partial charge in [0.15, 0.2) is 6.61 Å². The number of nitrogens with zero attached hydrogens (tertiary/aromatic N) is 1. The molecule has 0 aliphatic carbocycles. The van der Waals surface area contributed by atoms with Crippen LogP contribution in [0.2, 0.25) is 10.0 Å². The maximum Gasteiger partial charge on any atom is 0.261 e. The molecule has 29 heavy (non-hydrogen) atoms. The van der Waals surface area contributed by atoms with E-state index in [0.29, 0.717) is 22.3 Å². The van der Waals surface area contributed by atoms with Crippen molar-refractivity contribution in [2.24, 2.45) is 0 Å². The Morgan fingerprint density at radius 3 is 2.21 bits per heavy atom. The van der Waals surface area contributed by atoms with Gasteiger partial charge >= 0.3 is 0 Å². The van der Waals surface area contributed by atoms with Crippen LogP contribution in [0.15, 0.2) is 48.5 Å². The third-order valence-electron chi connectivity index (χ3n) is 4.44. The van der Waals surface area contributed by atoms with Gasteiger partial charge in [0.05, 0.1) is 0 Å². The van der Waals surface area contributed by atoms with Crippen molar-refractivity contribution >= 4 is 35.0 Å². The first-order valence-corrected chi connectivity index (χ1v) is 10.4. The highest BCUT2D eigenvalue weighted by Gasteiger charge is 2.26. The maximum atomic E-state index is 12.9. The molecule has 2 aromatic carbocycles. The van der Waals surface area contributed by atoms with Crippen molar-refractivity contribution in [3.63, 3.8) is 0 Å². The number of hydrogen-bond acceptors (Lipinski definition) is 3. The number of rotatable bonds is 10. The number of ether oxygens (including phenoxy) is 1. The molecule has 0 saturated carbocycles. The number of benzene rings is 2. The summed E-state index contributed by atoms with van der Waals surface area (Å²) in [5.41, 5.74) is 0.877. The first-order chi connectivity index (χ1) is 13.9. The summed E-state index contributed by atoms with van der Waals surface area (Å²) in [4.78, 5) is 27.0. The van der Waals surface area contributed by atoms with Crippen molar-refractivity contribution < 1.29 is 14.3 Å². The summed E-state index contributed by atoms with van der Waals surface area (Å²) in [6.45, 7) is 4.46. The average Bonchev–Trinajstić information content (AvgIpc) is 2.72. The Hall–Kier alpha value is -2.24. The molecule has 2 rings (SSSR count). The standard InChI is InChI=1S/C22H26Cl2N2O3/c1-3-4-13-25-22(28)16(2)26(14-17-5-7-18(23)8-6-17)21(27)15-29-20-11-9-19(24)10-12-20/h5-12,16H,3-4,13-15H2,1-2H3,(H,25,28)/t16-/m1/s1. The van der Waals surface area contributed by atoms with Crippen molar-refractivity contribution in [1.29, 1.82) is 0 Å². The Morgan fingerprint density at radius 1 is 1.03 bits per heavy atom. The zero-order chi connectivity index (χ0) is 21.2. The molecular formula is C22H26Cl2N2O3. The molecule has 0 bridgehead atoms. The van der Waals surface area contributed by atoms with Crippen LogP contribution in [0.5, 0.6) is 5.75 Å². The van der Waals surface area contributed by atoms with Crippen LogP contribution in [0.1, 0.15) is 32.3 Å². The van der Waals surface area contributed by atoms with Crippen LogP contribution < -0.4 is 10.1 Å². The summed E-state index contributed by atoms with van der Waals surface area (Å²) in [6, 6.07) is 13.3. The van der Waals surface area contributed by atoms with E-state index in [2.05, 4.69) is 12.2 Å². The van der Waals surface area contributed by atoms with Crippen molar-refractivity contribution in [2.75, 3.05) is 13.2 Å². The number of carbonyl (C=O) groups is 2. The molecular weight excluding hydrogens is 411 g/mol. The van der Waals surface area contributed by atoms with E-state index in [1.807, 2.05) is 12.1 Å². The predicted molar refractivity (Wildman–Crippen MR) is 116 cm³/mol. The van der Waals surface area contributed by atoms with E-state index in [4.69, 9.17) is 27.9 Å². The number of carbonyl (C=O) groups excluding carboxylic acids is 2. The van der Waals surface area contributed by atoms with E-state index in [1.54, 1.807) is 43.3 Å². The predicted octanol–water partition coefficient (Wildman–Crippen LogP) is 4.71. The molecule has 2 amide bonds. The second kappa shape index (κ2) is 11.7. The molecule has 156 valence electrons. The van der Waals surface area contributed by atoms with Gasteiger partial charge in [-0.3, -0.25) is 9.59 Å². The highest BCUT2D eigenvalue weighted by Crippen LogP contribution is 2.17. The van der Waals surface area contributed by atoms with Crippen molar-refractivity contribution in [3.05, 3.63) is 64.1 Å². The van der Waals surface area contributed by atoms with Crippen molar-refractivity contribution in [1.82, 2.24) is 10.2 Å². The lowest BCUT2D eigenvalue weighted by molar-refractivity contribution is -0.142. The average molecular weight is 437 g/mol. The molecule has 0 unspecified atom stereocenters. The minimum Gasteiger partial charge on any atom is -0.484 e. The van der Waals surface area contributed by atoms with E-state index in [1.165, 1.54) is 4.90 Å². The van der Waals surface area contributed by atoms with E-state index >= 15 is 0 Å². The van der Waals surface area contributed by atoms with Crippen LogP contribution in [-0.2, 0) is 16.1 Å². The first kappa shape index (κ1) is 23.0. The number of nitrogens with one attached hydrogen (secondary N) is 1. The third kappa shape index (κ3) is 7.59. The van der Waals surface area contributed by atoms with E-state index in [0.717, 1.165) is 18.4 Å². The molecule has 7 heteroatoms. The summed E-state index contributed by atoms with van der Waals surface area (Å²) in [5, 5.41) is 4.09. The summed E-state index contributed by atoms with van der Waals surface area (Å²) in [5.74, 6) is 0.0644. The molecule has 0 aliphatic rings. The minimum atomic E-state index is -0.635. The molecule has 0 aromatic heterocycles. The second-order valence-corrected chi connectivity index (χ2v) is 7.58. The summed E-state index contributed by atoms with van der Waals surface area (Å²) < 4.78 is 5.59. The highest BCUT2D eigenvalue weighted by atomic mass is 35.5. The minimum absolute atomic E-state index is 0.179. The zero-order valence-electron chi connectivity index (χ0n) is 16.7. The molecule has 1 N–H and O–H groups in total. The fraction of sp³-hybridized carbons (Fsp3) is 0.364. The summed E-state index contributed by atoms with van der Waals surface area (Å²) in [6.07, 6.45) is 1.88. The van der Waals surface area contributed by atoms with Gasteiger partial charge in [-0.25, -0.2) is 0 Å². The molecule has 5 nitrogen and oxygen atoms in total. The lowest BCUT2D eigenvalue weighted by Crippen LogP contribution is -2.49. The first-order valence-electron chi connectivity index (χ1n) is 9.60. The quantitative estimate of drug-likeness (QED) is 0.548. The van der Waals surface area contributed by atoms with Gasteiger partial charge in [0.25, 0.3) is 5.91 Å². The van der Waals surface area contributed by atoms with Gasteiger partial charge in [-0.1, -0.05) is 48.7 Å². The smallest absolute Gasteiger partial charge is 0.261 e.